The van der Waals surface area contributed by atoms with Crippen LogP contribution in [0.3, 0.4) is 0 Å². The van der Waals surface area contributed by atoms with Gasteiger partial charge in [-0.1, -0.05) is 100 Å². The van der Waals surface area contributed by atoms with Gasteiger partial charge in [-0.2, -0.15) is 0 Å². The molecule has 65 heavy (non-hydrogen) atoms. The fourth-order valence-electron chi connectivity index (χ4n) is 7.86. The molecule has 0 spiro atoms. The minimum atomic E-state index is -0.772. The van der Waals surface area contributed by atoms with E-state index in [1.165, 1.54) is 50.2 Å². The van der Waals surface area contributed by atoms with Gasteiger partial charge in [0.1, 0.15) is 5.75 Å². The Hall–Kier alpha value is -5.63. The molecule has 0 saturated heterocycles. The summed E-state index contributed by atoms with van der Waals surface area (Å²) in [4.78, 5) is 47.5. The topological polar surface area (TPSA) is 129 Å². The molecule has 0 radical (unpaired) electrons. The highest BCUT2D eigenvalue weighted by Crippen LogP contribution is 2.47. The molecule has 0 amide bonds. The Balaban J connectivity index is 0.000000192. The number of fused-ring (bicyclic) bond motifs is 3. The number of phenolic OH excluding ortho intramolecular Hbond substituents is 1. The van der Waals surface area contributed by atoms with E-state index in [2.05, 4.69) is 137 Å². The van der Waals surface area contributed by atoms with Crippen LogP contribution in [0.2, 0.25) is 0 Å². The zero-order valence-electron chi connectivity index (χ0n) is 40.7. The number of hydrogen-bond acceptors (Lipinski definition) is 9. The van der Waals surface area contributed by atoms with Gasteiger partial charge in [-0.3, -0.25) is 18.7 Å². The molecule has 4 atom stereocenters. The second kappa shape index (κ2) is 24.1. The van der Waals surface area contributed by atoms with E-state index in [1.807, 2.05) is 48.2 Å². The largest absolute Gasteiger partial charge is 0.508 e. The molecule has 0 saturated carbocycles. The minimum Gasteiger partial charge on any atom is -0.508 e. The number of rotatable bonds is 12. The van der Waals surface area contributed by atoms with Crippen molar-refractivity contribution in [2.24, 2.45) is 33.0 Å². The van der Waals surface area contributed by atoms with Crippen molar-refractivity contribution in [1.82, 2.24) is 28.5 Å². The van der Waals surface area contributed by atoms with Gasteiger partial charge < -0.3 is 29.5 Å². The molecule has 3 heterocycles. The quantitative estimate of drug-likeness (QED) is 0.123. The van der Waals surface area contributed by atoms with E-state index in [0.29, 0.717) is 40.7 Å². The van der Waals surface area contributed by atoms with Crippen LogP contribution < -0.4 is 16.1 Å². The third kappa shape index (κ3) is 13.9. The molecule has 0 aliphatic carbocycles. The lowest BCUT2D eigenvalue weighted by atomic mass is 9.85. The number of aromatic nitrogens is 4. The summed E-state index contributed by atoms with van der Waals surface area (Å²) in [7, 11) is 13.3. The molecule has 6 aromatic rings. The average Bonchev–Trinajstić information content (AvgIpc) is 3.66. The lowest BCUT2D eigenvalue weighted by Crippen LogP contribution is -2.37. The van der Waals surface area contributed by atoms with E-state index in [1.54, 1.807) is 31.7 Å². The lowest BCUT2D eigenvalue weighted by molar-refractivity contribution is -0.138. The first-order valence-electron chi connectivity index (χ1n) is 22.4. The Kier molecular flexibility index (Phi) is 19.2. The molecule has 1 aliphatic heterocycles. The molecule has 4 aromatic carbocycles. The summed E-state index contributed by atoms with van der Waals surface area (Å²) in [5.74, 6) is 0.932. The Morgan fingerprint density at radius 2 is 1.35 bits per heavy atom. The molecule has 0 fully saturated rings. The maximum Gasteiger partial charge on any atom is 0.332 e. The van der Waals surface area contributed by atoms with E-state index < -0.39 is 11.9 Å². The van der Waals surface area contributed by atoms with E-state index >= 15 is 0 Å². The zero-order valence-corrected chi connectivity index (χ0v) is 41.5. The van der Waals surface area contributed by atoms with Gasteiger partial charge in [0.2, 0.25) is 0 Å². The molecule has 2 aromatic heterocycles. The molecule has 2 N–H and O–H groups in total. The number of nitrogens with zero attached hydrogens (tertiary/aromatic N) is 7. The third-order valence-corrected chi connectivity index (χ3v) is 12.9. The highest BCUT2D eigenvalue weighted by Gasteiger charge is 2.25. The van der Waals surface area contributed by atoms with Gasteiger partial charge in [0, 0.05) is 50.1 Å². The Morgan fingerprint density at radius 3 is 1.86 bits per heavy atom. The van der Waals surface area contributed by atoms with Crippen LogP contribution in [-0.4, -0.2) is 92.0 Å². The number of anilines is 2. The normalized spacial score (nSPS) is 13.6. The summed E-state index contributed by atoms with van der Waals surface area (Å²) >= 11 is 1.87. The van der Waals surface area contributed by atoms with Crippen LogP contribution in [0.4, 0.5) is 11.4 Å². The number of phenols is 1. The predicted molar refractivity (Wildman–Crippen MR) is 268 cm³/mol. The van der Waals surface area contributed by atoms with Crippen molar-refractivity contribution in [3.05, 3.63) is 141 Å². The Morgan fingerprint density at radius 1 is 0.769 bits per heavy atom. The number of benzene rings is 4. The summed E-state index contributed by atoms with van der Waals surface area (Å²) in [5.41, 5.74) is 6.22. The second-order valence-electron chi connectivity index (χ2n) is 17.9. The molecular weight excluding hydrogens is 835 g/mol. The highest BCUT2D eigenvalue weighted by molar-refractivity contribution is 7.99. The number of carboxylic acid groups (broad SMARTS) is 1. The maximum atomic E-state index is 11.7. The fraction of sp³-hybridized carbons (Fsp3) is 0.423. The fourth-order valence-corrected chi connectivity index (χ4v) is 8.95. The van der Waals surface area contributed by atoms with Crippen LogP contribution in [0, 0.1) is 11.8 Å². The van der Waals surface area contributed by atoms with Crippen LogP contribution in [0.25, 0.3) is 11.2 Å². The number of aryl methyl sites for hydroxylation is 2. The maximum absolute atomic E-state index is 11.7. The van der Waals surface area contributed by atoms with Crippen molar-refractivity contribution < 1.29 is 15.0 Å². The smallest absolute Gasteiger partial charge is 0.332 e. The number of imidazole rings is 1. The standard InChI is InChI=1S/C17H20N2S.C14H23NO.C13H18O2.C8H10N4O2/c1-13(18(2)3)12-19-14-8-4-6-10-16(14)20-17-11-7-5-9-15(17)19;1-5-14(11(2)10-15(3)4)12-7-6-8-13(16)9-12;1-9(2)8-11-4-6-12(7-5-11)10(3)13(14)15;1-10-4-9-6-5(10)7(13)12(3)8(14)11(6)2/h4-11,13H,12H2,1-3H3;6-9,11,14,16H,5,10H2,1-4H3;4-7,9-10H,8H2,1-3H3,(H,14,15);4H,1-3H3/t;11-,14+;;/m.0../s1. The average molecular weight is 906 g/mol. The predicted octanol–water partition coefficient (Wildman–Crippen LogP) is 9.37. The molecule has 0 bridgehead atoms. The molecule has 12 nitrogen and oxygen atoms in total. The number of carboxylic acids is 1. The van der Waals surface area contributed by atoms with Crippen LogP contribution in [0.15, 0.2) is 123 Å². The molecule has 1 aliphatic rings. The number of aliphatic carboxylic acids is 1. The SMILES string of the molecule is CC(C)Cc1ccc(C(C)C(=O)O)cc1.CC(CN1c2ccccc2Sc2ccccc21)N(C)C.CC[C@@H](c1cccc(O)c1)[C@@H](C)CN(C)C.Cn1c(=O)c2c(ncn2C)n(C)c1=O. The molecular formula is C52H71N7O5S. The van der Waals surface area contributed by atoms with Crippen molar-refractivity contribution in [3.8, 4) is 5.75 Å². The van der Waals surface area contributed by atoms with Crippen molar-refractivity contribution >= 4 is 40.3 Å². The summed E-state index contributed by atoms with van der Waals surface area (Å²) in [6, 6.07) is 33.4. The monoisotopic (exact) mass is 906 g/mol. The zero-order chi connectivity index (χ0) is 48.1. The Labute approximate surface area is 390 Å². The van der Waals surface area contributed by atoms with Gasteiger partial charge in [0.05, 0.1) is 23.6 Å². The van der Waals surface area contributed by atoms with E-state index in [4.69, 9.17) is 5.11 Å². The van der Waals surface area contributed by atoms with Crippen LogP contribution in [0.5, 0.6) is 5.75 Å². The minimum absolute atomic E-state index is 0.317. The molecule has 7 rings (SSSR count). The summed E-state index contributed by atoms with van der Waals surface area (Å²) in [5, 5.41) is 18.4. The summed E-state index contributed by atoms with van der Waals surface area (Å²) in [6.45, 7) is 14.9. The Bertz CT molecular complexity index is 2530. The number of para-hydroxylation sites is 2. The second-order valence-corrected chi connectivity index (χ2v) is 19.0. The summed E-state index contributed by atoms with van der Waals surface area (Å²) < 4.78 is 4.04. The van der Waals surface area contributed by atoms with E-state index in [0.717, 1.165) is 36.1 Å². The van der Waals surface area contributed by atoms with Gasteiger partial charge in [-0.15, -0.1) is 0 Å². The van der Waals surface area contributed by atoms with Gasteiger partial charge in [0.25, 0.3) is 5.56 Å². The van der Waals surface area contributed by atoms with E-state index in [9.17, 15) is 19.5 Å². The van der Waals surface area contributed by atoms with Crippen LogP contribution >= 0.6 is 11.8 Å². The number of hydrogen-bond donors (Lipinski definition) is 2. The first-order chi connectivity index (χ1) is 30.7. The number of likely N-dealkylation sites (N-methyl/N-ethyl adjacent to an activating group) is 1. The first kappa shape index (κ1) is 52.0. The third-order valence-electron chi connectivity index (χ3n) is 11.7. The van der Waals surface area contributed by atoms with Crippen LogP contribution in [0.1, 0.15) is 76.5 Å². The van der Waals surface area contributed by atoms with Crippen LogP contribution in [-0.2, 0) is 32.4 Å². The molecule has 13 heteroatoms. The van der Waals surface area contributed by atoms with Crippen molar-refractivity contribution in [1.29, 1.82) is 0 Å². The van der Waals surface area contributed by atoms with Gasteiger partial charge in [-0.25, -0.2) is 9.78 Å². The van der Waals surface area contributed by atoms with Crippen molar-refractivity contribution in [3.63, 3.8) is 0 Å². The first-order valence-corrected chi connectivity index (χ1v) is 23.2. The van der Waals surface area contributed by atoms with Gasteiger partial charge >= 0.3 is 11.7 Å². The van der Waals surface area contributed by atoms with Crippen molar-refractivity contribution in [2.75, 3.05) is 46.2 Å². The highest BCUT2D eigenvalue weighted by atomic mass is 32.2. The summed E-state index contributed by atoms with van der Waals surface area (Å²) in [6.07, 6.45) is 3.67. The molecule has 2 unspecified atom stereocenters. The van der Waals surface area contributed by atoms with E-state index in [-0.39, 0.29) is 11.2 Å². The van der Waals surface area contributed by atoms with Gasteiger partial charge in [0.15, 0.2) is 11.2 Å². The van der Waals surface area contributed by atoms with Gasteiger partial charge in [-0.05, 0) is 126 Å². The number of aromatic hydroxyl groups is 1. The molecule has 350 valence electrons. The van der Waals surface area contributed by atoms with Crippen molar-refractivity contribution in [2.45, 2.75) is 82.1 Å². The lowest BCUT2D eigenvalue weighted by Gasteiger charge is -2.36. The number of carbonyl (C=O) groups is 1.